The maximum absolute atomic E-state index is 12.1. The van der Waals surface area contributed by atoms with E-state index >= 15 is 0 Å². The van der Waals surface area contributed by atoms with Gasteiger partial charge in [-0.1, -0.05) is 21.3 Å². The molecule has 8 nitrogen and oxygen atoms in total. The van der Waals surface area contributed by atoms with E-state index in [0.717, 1.165) is 20.7 Å². The highest BCUT2D eigenvalue weighted by atomic mass is 127. The van der Waals surface area contributed by atoms with E-state index in [1.54, 1.807) is 35.4 Å². The third kappa shape index (κ3) is 7.96. The number of hydrogen-bond donors (Lipinski definition) is 0. The summed E-state index contributed by atoms with van der Waals surface area (Å²) in [5, 5.41) is 0.947. The van der Waals surface area contributed by atoms with Gasteiger partial charge in [-0.05, 0) is 54.4 Å². The highest BCUT2D eigenvalue weighted by molar-refractivity contribution is 14.2. The largest absolute Gasteiger partial charge is 0.491 e. The van der Waals surface area contributed by atoms with Crippen molar-refractivity contribution in [1.29, 1.82) is 0 Å². The Labute approximate surface area is 221 Å². The van der Waals surface area contributed by atoms with Crippen molar-refractivity contribution < 1.29 is 18.8 Å². The van der Waals surface area contributed by atoms with Crippen LogP contribution in [0.25, 0.3) is 21.7 Å². The van der Waals surface area contributed by atoms with Crippen LogP contribution in [0.3, 0.4) is 0 Å². The van der Waals surface area contributed by atoms with Gasteiger partial charge >= 0.3 is 5.97 Å². The average molecular weight is 620 g/mol. The fourth-order valence-corrected chi connectivity index (χ4v) is 4.80. The van der Waals surface area contributed by atoms with Crippen LogP contribution in [0.5, 0.6) is 5.75 Å². The predicted molar refractivity (Wildman–Crippen MR) is 152 cm³/mol. The number of aromatic nitrogens is 3. The Bertz CT molecular complexity index is 1070. The minimum absolute atomic E-state index is 0. The van der Waals surface area contributed by atoms with E-state index in [1.165, 1.54) is 0 Å². The van der Waals surface area contributed by atoms with Gasteiger partial charge < -0.3 is 18.9 Å². The maximum atomic E-state index is 12.1. The molecule has 3 rings (SSSR count). The van der Waals surface area contributed by atoms with Gasteiger partial charge in [0.25, 0.3) is 0 Å². The smallest absolute Gasteiger partial charge is 0.325 e. The van der Waals surface area contributed by atoms with Crippen molar-refractivity contribution in [2.45, 2.75) is 42.0 Å². The molecule has 0 aliphatic heterocycles. The van der Waals surface area contributed by atoms with Gasteiger partial charge in [-0.15, -0.1) is 11.3 Å². The lowest BCUT2D eigenvalue weighted by Crippen LogP contribution is -2.28. The molecular formula is C23H34IN4O4PS. The summed E-state index contributed by atoms with van der Waals surface area (Å²) in [6.07, 6.45) is 1.67. The molecule has 34 heavy (non-hydrogen) atoms. The zero-order valence-corrected chi connectivity index (χ0v) is 23.7. The van der Waals surface area contributed by atoms with Gasteiger partial charge in [-0.25, -0.2) is 9.97 Å². The van der Waals surface area contributed by atoms with Crippen molar-refractivity contribution in [2.24, 2.45) is 0 Å². The van der Waals surface area contributed by atoms with Crippen molar-refractivity contribution in [3.05, 3.63) is 28.8 Å². The Balaban J connectivity index is 0.00000188. The Morgan fingerprint density at radius 1 is 1.24 bits per heavy atom. The number of likely N-dealkylation sites (N-methyl/N-ethyl adjacent to an activating group) is 1. The monoisotopic (exact) mass is 620 g/mol. The summed E-state index contributed by atoms with van der Waals surface area (Å²) in [5.74, 6) is 1.54. The number of rotatable bonds is 10. The third-order valence-electron chi connectivity index (χ3n) is 4.51. The number of esters is 1. The van der Waals surface area contributed by atoms with Gasteiger partial charge in [0.05, 0.1) is 25.1 Å². The summed E-state index contributed by atoms with van der Waals surface area (Å²) >= 11 is 3.78. The second-order valence-corrected chi connectivity index (χ2v) is 9.61. The van der Waals surface area contributed by atoms with E-state index < -0.39 is 0 Å². The number of thiophene rings is 1. The van der Waals surface area contributed by atoms with Crippen LogP contribution in [0.1, 0.15) is 38.6 Å². The van der Waals surface area contributed by atoms with Crippen LogP contribution in [0.2, 0.25) is 0 Å². The highest BCUT2D eigenvalue weighted by Gasteiger charge is 2.20. The van der Waals surface area contributed by atoms with Crippen LogP contribution in [-0.2, 0) is 14.1 Å². The van der Waals surface area contributed by atoms with E-state index in [-0.39, 0.29) is 19.9 Å². The quantitative estimate of drug-likeness (QED) is 0.112. The number of pyridine rings is 1. The minimum Gasteiger partial charge on any atom is -0.491 e. The number of fused-ring (bicyclic) bond motifs is 1. The van der Waals surface area contributed by atoms with Crippen molar-refractivity contribution >= 4 is 61.8 Å². The normalized spacial score (nSPS) is 10.6. The number of aryl methyl sites for hydroxylation is 2. The molecule has 0 spiro atoms. The Kier molecular flexibility index (Phi) is 13.8. The lowest BCUT2D eigenvalue weighted by Gasteiger charge is -2.19. The molecule has 3 heterocycles. The molecule has 11 heteroatoms. The molecule has 0 bridgehead atoms. The molecule has 3 aromatic rings. The molecule has 0 radical (unpaired) electrons. The average Bonchev–Trinajstić information content (AvgIpc) is 3.11. The number of anilines is 1. The fourth-order valence-electron chi connectivity index (χ4n) is 2.96. The SMILES string of the molecule is C.CC.CCOC(=O)CN(C)c1nc(-c2cc(OCCOPI)ccn2)nc2sc(C)c(C)c12. The lowest BCUT2D eigenvalue weighted by atomic mass is 10.2. The molecule has 0 aliphatic carbocycles. The van der Waals surface area contributed by atoms with Crippen molar-refractivity contribution in [2.75, 3.05) is 38.3 Å². The Morgan fingerprint density at radius 2 is 1.97 bits per heavy atom. The number of carbonyl (C=O) groups is 1. The van der Waals surface area contributed by atoms with Gasteiger partial charge in [0.15, 0.2) is 5.82 Å². The summed E-state index contributed by atoms with van der Waals surface area (Å²) in [4.78, 5) is 29.8. The zero-order chi connectivity index (χ0) is 24.4. The van der Waals surface area contributed by atoms with Crippen LogP contribution in [-0.4, -0.2) is 54.3 Å². The molecule has 1 unspecified atom stereocenters. The van der Waals surface area contributed by atoms with Crippen LogP contribution in [0, 0.1) is 13.8 Å². The third-order valence-corrected chi connectivity index (χ3v) is 6.86. The number of nitrogens with zero attached hydrogens (tertiary/aromatic N) is 4. The minimum atomic E-state index is -0.300. The maximum Gasteiger partial charge on any atom is 0.325 e. The molecular weight excluding hydrogens is 586 g/mol. The summed E-state index contributed by atoms with van der Waals surface area (Å²) in [7, 11) is 1.83. The highest BCUT2D eigenvalue weighted by Crippen LogP contribution is 2.36. The molecule has 1 atom stereocenters. The summed E-state index contributed by atoms with van der Waals surface area (Å²) in [6.45, 7) is 11.7. The van der Waals surface area contributed by atoms with Crippen molar-refractivity contribution in [3.8, 4) is 17.3 Å². The second kappa shape index (κ2) is 15.4. The number of halogens is 1. The second-order valence-electron chi connectivity index (χ2n) is 6.65. The van der Waals surface area contributed by atoms with Gasteiger partial charge in [0, 0.05) is 24.2 Å². The van der Waals surface area contributed by atoms with Crippen molar-refractivity contribution in [1.82, 2.24) is 15.0 Å². The van der Waals surface area contributed by atoms with Gasteiger partial charge in [0.2, 0.25) is 0 Å². The van der Waals surface area contributed by atoms with Crippen molar-refractivity contribution in [3.63, 3.8) is 0 Å². The van der Waals surface area contributed by atoms with Crippen LogP contribution < -0.4 is 9.64 Å². The Hall–Kier alpha value is -1.62. The summed E-state index contributed by atoms with van der Waals surface area (Å²) < 4.78 is 16.2. The molecule has 188 valence electrons. The molecule has 0 amide bonds. The van der Waals surface area contributed by atoms with Crippen LogP contribution in [0.4, 0.5) is 5.82 Å². The Morgan fingerprint density at radius 3 is 2.65 bits per heavy atom. The first-order valence-corrected chi connectivity index (χ1v) is 15.5. The van der Waals surface area contributed by atoms with E-state index in [1.807, 2.05) is 33.9 Å². The standard InChI is InChI=1S/C20H24IN4O4PS.C2H6.CH4/c1-5-27-16(26)11-25(4)19-17-12(2)13(3)31-20(17)24-18(23-19)15-10-14(6-7-22-15)28-8-9-29-30-21;1-2;/h6-7,10,30H,5,8-9,11H2,1-4H3;1-2H3;1H4. The van der Waals surface area contributed by atoms with Gasteiger partial charge in [-0.3, -0.25) is 9.78 Å². The zero-order valence-electron chi connectivity index (χ0n) is 19.8. The number of hydrogen-bond acceptors (Lipinski definition) is 9. The van der Waals surface area contributed by atoms with E-state index in [4.69, 9.17) is 24.0 Å². The van der Waals surface area contributed by atoms with E-state index in [9.17, 15) is 4.79 Å². The van der Waals surface area contributed by atoms with Crippen LogP contribution >= 0.6 is 39.8 Å². The molecule has 0 saturated heterocycles. The lowest BCUT2D eigenvalue weighted by molar-refractivity contribution is -0.141. The van der Waals surface area contributed by atoms with Gasteiger partial charge in [0.1, 0.15) is 35.2 Å². The molecule has 0 saturated carbocycles. The number of ether oxygens (including phenoxy) is 2. The number of carbonyl (C=O) groups excluding carboxylic acids is 1. The predicted octanol–water partition coefficient (Wildman–Crippen LogP) is 6.37. The van der Waals surface area contributed by atoms with E-state index in [0.29, 0.717) is 49.4 Å². The molecule has 0 aliphatic rings. The van der Waals surface area contributed by atoms with Gasteiger partial charge in [-0.2, -0.15) is 0 Å². The fraction of sp³-hybridized carbons (Fsp3) is 0.478. The molecule has 0 aromatic carbocycles. The molecule has 3 aromatic heterocycles. The van der Waals surface area contributed by atoms with E-state index in [2.05, 4.69) is 33.9 Å². The van der Waals surface area contributed by atoms with Crippen LogP contribution in [0.15, 0.2) is 18.3 Å². The first kappa shape index (κ1) is 30.4. The first-order chi connectivity index (χ1) is 15.9. The molecule has 0 fully saturated rings. The summed E-state index contributed by atoms with van der Waals surface area (Å²) in [6, 6.07) is 3.61. The topological polar surface area (TPSA) is 86.7 Å². The summed E-state index contributed by atoms with van der Waals surface area (Å²) in [5.41, 5.74) is 1.71. The first-order valence-electron chi connectivity index (χ1n) is 10.7. The molecule has 0 N–H and O–H groups in total.